The van der Waals surface area contributed by atoms with Gasteiger partial charge >= 0.3 is 5.97 Å². The van der Waals surface area contributed by atoms with Crippen molar-refractivity contribution in [2.45, 2.75) is 26.3 Å². The van der Waals surface area contributed by atoms with Crippen LogP contribution in [-0.4, -0.2) is 39.0 Å². The number of carbonyl (C=O) groups is 1. The number of nitrogens with zero attached hydrogens (tertiary/aromatic N) is 1. The lowest BCUT2D eigenvalue weighted by Crippen LogP contribution is -2.48. The molecular formula is C24H28N2O5S. The second-order valence-corrected chi connectivity index (χ2v) is 7.55. The maximum Gasteiger partial charge on any atom is 0.337 e. The molecule has 0 aliphatic carbocycles. The van der Waals surface area contributed by atoms with Gasteiger partial charge in [-0.2, -0.15) is 0 Å². The molecule has 8 heteroatoms. The number of rotatable bonds is 8. The fraction of sp³-hybridized carbons (Fsp3) is 0.333. The number of carbonyl (C=O) groups excluding carboxylic acids is 1. The van der Waals surface area contributed by atoms with E-state index in [4.69, 9.17) is 31.2 Å². The topological polar surface area (TPSA) is 69.3 Å². The molecular weight excluding hydrogens is 428 g/mol. The van der Waals surface area contributed by atoms with Gasteiger partial charge in [0.2, 0.25) is 0 Å². The summed E-state index contributed by atoms with van der Waals surface area (Å²) in [6.07, 6.45) is 0.888. The minimum Gasteiger partial charge on any atom is -0.497 e. The molecule has 0 saturated heterocycles. The molecule has 170 valence electrons. The fourth-order valence-electron chi connectivity index (χ4n) is 3.60. The van der Waals surface area contributed by atoms with Crippen LogP contribution in [0.4, 0.5) is 5.69 Å². The van der Waals surface area contributed by atoms with Gasteiger partial charge in [-0.15, -0.1) is 0 Å². The first-order valence-corrected chi connectivity index (χ1v) is 10.7. The number of methoxy groups -OCH3 is 3. The van der Waals surface area contributed by atoms with E-state index in [-0.39, 0.29) is 0 Å². The minimum atomic E-state index is -0.501. The van der Waals surface area contributed by atoms with E-state index in [9.17, 15) is 4.79 Å². The number of benzene rings is 2. The molecule has 0 spiro atoms. The van der Waals surface area contributed by atoms with Gasteiger partial charge in [-0.25, -0.2) is 4.79 Å². The Bertz CT molecular complexity index is 1020. The highest BCUT2D eigenvalue weighted by Gasteiger charge is 2.35. The Labute approximate surface area is 193 Å². The summed E-state index contributed by atoms with van der Waals surface area (Å²) < 4.78 is 21.6. The van der Waals surface area contributed by atoms with Gasteiger partial charge in [0, 0.05) is 11.4 Å². The lowest BCUT2D eigenvalue weighted by Gasteiger charge is -2.37. The average Bonchev–Trinajstić information content (AvgIpc) is 2.82. The van der Waals surface area contributed by atoms with Crippen molar-refractivity contribution in [3.05, 3.63) is 59.3 Å². The molecule has 1 atom stereocenters. The standard InChI is InChI=1S/C24H28N2O5S/c1-6-13-31-19-12-7-16(14-20(19)29-4)22-21(23(27)30-5)15(2)26(24(32)25-22)17-8-10-18(28-3)11-9-17/h7-12,14,22H,6,13H2,1-5H3,(H,25,32)/t22-/m1/s1. The quantitative estimate of drug-likeness (QED) is 0.464. The van der Waals surface area contributed by atoms with Gasteiger partial charge in [-0.1, -0.05) is 13.0 Å². The molecule has 1 aliphatic heterocycles. The third-order valence-electron chi connectivity index (χ3n) is 5.20. The fourth-order valence-corrected chi connectivity index (χ4v) is 3.96. The van der Waals surface area contributed by atoms with E-state index in [0.717, 1.165) is 23.4 Å². The second kappa shape index (κ2) is 10.4. The first-order chi connectivity index (χ1) is 15.4. The van der Waals surface area contributed by atoms with Crippen LogP contribution in [0, 0.1) is 0 Å². The number of esters is 1. The number of thiocarbonyl (C=S) groups is 1. The average molecular weight is 457 g/mol. The molecule has 7 nitrogen and oxygen atoms in total. The van der Waals surface area contributed by atoms with Crippen LogP contribution in [0.1, 0.15) is 31.9 Å². The van der Waals surface area contributed by atoms with Crippen molar-refractivity contribution >= 4 is 29.0 Å². The van der Waals surface area contributed by atoms with E-state index in [0.29, 0.717) is 34.5 Å². The Hall–Kier alpha value is -3.26. The Morgan fingerprint density at radius 3 is 2.38 bits per heavy atom. The number of anilines is 1. The Kier molecular flexibility index (Phi) is 7.58. The third kappa shape index (κ3) is 4.65. The summed E-state index contributed by atoms with van der Waals surface area (Å²) >= 11 is 5.69. The maximum absolute atomic E-state index is 12.8. The van der Waals surface area contributed by atoms with Gasteiger partial charge in [0.1, 0.15) is 5.75 Å². The van der Waals surface area contributed by atoms with Crippen molar-refractivity contribution in [2.75, 3.05) is 32.8 Å². The van der Waals surface area contributed by atoms with Gasteiger partial charge < -0.3 is 24.3 Å². The van der Waals surface area contributed by atoms with Gasteiger partial charge in [0.25, 0.3) is 0 Å². The highest BCUT2D eigenvalue weighted by atomic mass is 32.1. The summed E-state index contributed by atoms with van der Waals surface area (Å²) in [7, 11) is 4.57. The summed E-state index contributed by atoms with van der Waals surface area (Å²) in [6, 6.07) is 12.5. The van der Waals surface area contributed by atoms with Crippen molar-refractivity contribution < 1.29 is 23.7 Å². The molecule has 3 rings (SSSR count). The Morgan fingerprint density at radius 2 is 1.78 bits per heavy atom. The normalized spacial score (nSPS) is 15.8. The molecule has 0 bridgehead atoms. The summed E-state index contributed by atoms with van der Waals surface area (Å²) in [5, 5.41) is 3.76. The van der Waals surface area contributed by atoms with E-state index >= 15 is 0 Å². The van der Waals surface area contributed by atoms with Crippen LogP contribution in [0.5, 0.6) is 17.2 Å². The molecule has 2 aromatic rings. The molecule has 1 heterocycles. The van der Waals surface area contributed by atoms with Crippen LogP contribution in [0.15, 0.2) is 53.7 Å². The van der Waals surface area contributed by atoms with E-state index in [1.54, 1.807) is 14.2 Å². The summed E-state index contributed by atoms with van der Waals surface area (Å²) in [6.45, 7) is 4.48. The Morgan fingerprint density at radius 1 is 1.06 bits per heavy atom. The SMILES string of the molecule is CCCOc1ccc([C@H]2NC(=S)N(c3ccc(OC)cc3)C(C)=C2C(=O)OC)cc1OC. The van der Waals surface area contributed by atoms with Crippen molar-refractivity contribution in [2.24, 2.45) is 0 Å². The maximum atomic E-state index is 12.8. The zero-order chi connectivity index (χ0) is 23.3. The van der Waals surface area contributed by atoms with E-state index in [1.165, 1.54) is 7.11 Å². The van der Waals surface area contributed by atoms with Crippen LogP contribution in [0.3, 0.4) is 0 Å². The summed E-state index contributed by atoms with van der Waals surface area (Å²) in [5.74, 6) is 1.53. The van der Waals surface area contributed by atoms with Crippen molar-refractivity contribution in [3.63, 3.8) is 0 Å². The smallest absolute Gasteiger partial charge is 0.337 e. The van der Waals surface area contributed by atoms with Crippen molar-refractivity contribution in [3.8, 4) is 17.2 Å². The summed E-state index contributed by atoms with van der Waals surface area (Å²) in [4.78, 5) is 14.7. The monoisotopic (exact) mass is 456 g/mol. The van der Waals surface area contributed by atoms with Gasteiger partial charge in [0.05, 0.1) is 39.6 Å². The largest absolute Gasteiger partial charge is 0.497 e. The van der Waals surface area contributed by atoms with E-state index < -0.39 is 12.0 Å². The number of allylic oxidation sites excluding steroid dienone is 1. The molecule has 0 unspecified atom stereocenters. The van der Waals surface area contributed by atoms with Crippen LogP contribution >= 0.6 is 12.2 Å². The van der Waals surface area contributed by atoms with Gasteiger partial charge in [-0.05, 0) is 67.5 Å². The summed E-state index contributed by atoms with van der Waals surface area (Å²) in [5.41, 5.74) is 2.76. The molecule has 0 saturated carbocycles. The second-order valence-electron chi connectivity index (χ2n) is 7.17. The van der Waals surface area contributed by atoms with Crippen LogP contribution in [0.2, 0.25) is 0 Å². The number of hydrogen-bond donors (Lipinski definition) is 1. The lowest BCUT2D eigenvalue weighted by atomic mass is 9.94. The molecule has 1 N–H and O–H groups in total. The van der Waals surface area contributed by atoms with Crippen molar-refractivity contribution in [1.82, 2.24) is 5.32 Å². The van der Waals surface area contributed by atoms with Crippen LogP contribution < -0.4 is 24.4 Å². The highest BCUT2D eigenvalue weighted by molar-refractivity contribution is 7.80. The molecule has 2 aromatic carbocycles. The van der Waals surface area contributed by atoms with Crippen LogP contribution in [-0.2, 0) is 9.53 Å². The number of nitrogens with one attached hydrogen (secondary N) is 1. The first-order valence-electron chi connectivity index (χ1n) is 10.3. The predicted molar refractivity (Wildman–Crippen MR) is 127 cm³/mol. The number of hydrogen-bond acceptors (Lipinski definition) is 6. The number of ether oxygens (including phenoxy) is 4. The molecule has 0 aromatic heterocycles. The van der Waals surface area contributed by atoms with E-state index in [1.807, 2.05) is 61.2 Å². The third-order valence-corrected chi connectivity index (χ3v) is 5.50. The van der Waals surface area contributed by atoms with Gasteiger partial charge in [0.15, 0.2) is 16.6 Å². The molecule has 32 heavy (non-hydrogen) atoms. The molecule has 1 aliphatic rings. The predicted octanol–water partition coefficient (Wildman–Crippen LogP) is 4.38. The van der Waals surface area contributed by atoms with Crippen LogP contribution in [0.25, 0.3) is 0 Å². The van der Waals surface area contributed by atoms with Gasteiger partial charge in [-0.3, -0.25) is 4.90 Å². The van der Waals surface area contributed by atoms with E-state index in [2.05, 4.69) is 5.32 Å². The minimum absolute atomic E-state index is 0.439. The Balaban J connectivity index is 2.06. The molecule has 0 amide bonds. The molecule has 0 fully saturated rings. The first kappa shape index (κ1) is 23.4. The lowest BCUT2D eigenvalue weighted by molar-refractivity contribution is -0.136. The molecule has 0 radical (unpaired) electrons. The zero-order valence-electron chi connectivity index (χ0n) is 18.9. The van der Waals surface area contributed by atoms with Crippen molar-refractivity contribution in [1.29, 1.82) is 0 Å². The zero-order valence-corrected chi connectivity index (χ0v) is 19.7. The highest BCUT2D eigenvalue weighted by Crippen LogP contribution is 2.38.